The van der Waals surface area contributed by atoms with Crippen molar-refractivity contribution in [1.82, 2.24) is 9.97 Å². The molecule has 2 heterocycles. The SMILES string of the molecule is C1=Cc2cncnc2NCC1. The summed E-state index contributed by atoms with van der Waals surface area (Å²) < 4.78 is 0. The molecule has 3 heteroatoms. The van der Waals surface area contributed by atoms with Crippen LogP contribution in [0, 0.1) is 0 Å². The molecule has 0 saturated carbocycles. The molecule has 1 aromatic heterocycles. The predicted octanol–water partition coefficient (Wildman–Crippen LogP) is 1.31. The highest BCUT2D eigenvalue weighted by Gasteiger charge is 2.01. The monoisotopic (exact) mass is 147 g/mol. The van der Waals surface area contributed by atoms with Gasteiger partial charge in [-0.2, -0.15) is 0 Å². The largest absolute Gasteiger partial charge is 0.369 e. The van der Waals surface area contributed by atoms with Crippen LogP contribution in [0.5, 0.6) is 0 Å². The van der Waals surface area contributed by atoms with E-state index < -0.39 is 0 Å². The fourth-order valence-electron chi connectivity index (χ4n) is 1.09. The Morgan fingerprint density at radius 2 is 2.45 bits per heavy atom. The Bertz CT molecular complexity index is 280. The molecule has 11 heavy (non-hydrogen) atoms. The van der Waals surface area contributed by atoms with E-state index in [2.05, 4.69) is 27.4 Å². The fourth-order valence-corrected chi connectivity index (χ4v) is 1.09. The number of nitrogens with one attached hydrogen (secondary N) is 1. The van der Waals surface area contributed by atoms with Gasteiger partial charge >= 0.3 is 0 Å². The molecule has 0 unspecified atom stereocenters. The molecule has 0 atom stereocenters. The van der Waals surface area contributed by atoms with Crippen LogP contribution in [0.15, 0.2) is 18.6 Å². The van der Waals surface area contributed by atoms with E-state index in [0.29, 0.717) is 0 Å². The fraction of sp³-hybridized carbons (Fsp3) is 0.250. The Labute approximate surface area is 65.2 Å². The molecule has 0 fully saturated rings. The number of rotatable bonds is 0. The second kappa shape index (κ2) is 2.70. The van der Waals surface area contributed by atoms with Gasteiger partial charge in [0.05, 0.1) is 0 Å². The topological polar surface area (TPSA) is 37.8 Å². The first-order valence-corrected chi connectivity index (χ1v) is 3.67. The molecule has 1 aliphatic rings. The minimum absolute atomic E-state index is 0.939. The number of fused-ring (bicyclic) bond motifs is 1. The van der Waals surface area contributed by atoms with Gasteiger partial charge in [0.2, 0.25) is 0 Å². The summed E-state index contributed by atoms with van der Waals surface area (Å²) in [7, 11) is 0. The van der Waals surface area contributed by atoms with E-state index >= 15 is 0 Å². The molecule has 0 radical (unpaired) electrons. The number of anilines is 1. The van der Waals surface area contributed by atoms with Crippen LogP contribution in [0.1, 0.15) is 12.0 Å². The minimum atomic E-state index is 0.939. The average Bonchev–Trinajstić information content (AvgIpc) is 2.28. The molecule has 0 aromatic carbocycles. The van der Waals surface area contributed by atoms with Crippen LogP contribution in [0.3, 0.4) is 0 Å². The molecule has 0 spiro atoms. The zero-order valence-corrected chi connectivity index (χ0v) is 6.12. The van der Waals surface area contributed by atoms with Gasteiger partial charge in [-0.15, -0.1) is 0 Å². The van der Waals surface area contributed by atoms with Gasteiger partial charge in [0.15, 0.2) is 0 Å². The smallest absolute Gasteiger partial charge is 0.136 e. The molecule has 0 aliphatic carbocycles. The second-order valence-electron chi connectivity index (χ2n) is 2.44. The highest BCUT2D eigenvalue weighted by Crippen LogP contribution is 2.14. The standard InChI is InChI=1S/C8H9N3/c1-2-4-10-8-7(3-1)5-9-6-11-8/h1,3,5-6H,2,4H2,(H,9,10,11). The zero-order chi connectivity index (χ0) is 7.52. The first-order valence-electron chi connectivity index (χ1n) is 3.67. The Morgan fingerprint density at radius 3 is 3.45 bits per heavy atom. The van der Waals surface area contributed by atoms with Crippen molar-refractivity contribution in [3.8, 4) is 0 Å². The van der Waals surface area contributed by atoms with Crippen molar-refractivity contribution in [3.05, 3.63) is 24.2 Å². The van der Waals surface area contributed by atoms with Crippen molar-refractivity contribution in [3.63, 3.8) is 0 Å². The Balaban J connectivity index is 2.45. The third-order valence-electron chi connectivity index (χ3n) is 1.64. The molecule has 1 aromatic rings. The maximum Gasteiger partial charge on any atom is 0.136 e. The summed E-state index contributed by atoms with van der Waals surface area (Å²) in [6.07, 6.45) is 8.61. The Hall–Kier alpha value is -1.38. The summed E-state index contributed by atoms with van der Waals surface area (Å²) in [5.74, 6) is 0.939. The van der Waals surface area contributed by atoms with Gasteiger partial charge in [-0.1, -0.05) is 12.2 Å². The number of nitrogens with zero attached hydrogens (tertiary/aromatic N) is 2. The van der Waals surface area contributed by atoms with Crippen LogP contribution < -0.4 is 5.32 Å². The van der Waals surface area contributed by atoms with Crippen molar-refractivity contribution in [2.45, 2.75) is 6.42 Å². The lowest BCUT2D eigenvalue weighted by molar-refractivity contribution is 1.05. The normalized spacial score (nSPS) is 14.9. The predicted molar refractivity (Wildman–Crippen MR) is 44.2 cm³/mol. The molecule has 1 N–H and O–H groups in total. The van der Waals surface area contributed by atoms with Gasteiger partial charge in [0.25, 0.3) is 0 Å². The van der Waals surface area contributed by atoms with E-state index in [9.17, 15) is 0 Å². The molecule has 3 nitrogen and oxygen atoms in total. The van der Waals surface area contributed by atoms with Crippen molar-refractivity contribution in [2.75, 3.05) is 11.9 Å². The summed E-state index contributed by atoms with van der Waals surface area (Å²) in [6.45, 7) is 0.959. The molecular formula is C8H9N3. The van der Waals surface area contributed by atoms with Crippen molar-refractivity contribution in [1.29, 1.82) is 0 Å². The first-order chi connectivity index (χ1) is 5.47. The van der Waals surface area contributed by atoms with Crippen molar-refractivity contribution < 1.29 is 0 Å². The average molecular weight is 147 g/mol. The Morgan fingerprint density at radius 1 is 1.45 bits per heavy atom. The highest BCUT2D eigenvalue weighted by molar-refractivity contribution is 5.62. The van der Waals surface area contributed by atoms with Gasteiger partial charge in [0, 0.05) is 18.3 Å². The molecular weight excluding hydrogens is 138 g/mol. The van der Waals surface area contributed by atoms with E-state index in [1.165, 1.54) is 0 Å². The third-order valence-corrected chi connectivity index (χ3v) is 1.64. The highest BCUT2D eigenvalue weighted by atomic mass is 15.0. The number of hydrogen-bond acceptors (Lipinski definition) is 3. The van der Waals surface area contributed by atoms with E-state index in [1.807, 2.05) is 6.20 Å². The number of aromatic nitrogens is 2. The lowest BCUT2D eigenvalue weighted by atomic mass is 10.3. The zero-order valence-electron chi connectivity index (χ0n) is 6.12. The molecule has 56 valence electrons. The van der Waals surface area contributed by atoms with Gasteiger partial charge in [0.1, 0.15) is 12.1 Å². The summed E-state index contributed by atoms with van der Waals surface area (Å²) in [6, 6.07) is 0. The quantitative estimate of drug-likeness (QED) is 0.601. The third kappa shape index (κ3) is 1.22. The van der Waals surface area contributed by atoms with Gasteiger partial charge in [-0.05, 0) is 6.42 Å². The first kappa shape index (κ1) is 6.34. The van der Waals surface area contributed by atoms with Crippen molar-refractivity contribution in [2.24, 2.45) is 0 Å². The van der Waals surface area contributed by atoms with Gasteiger partial charge in [-0.3, -0.25) is 0 Å². The van der Waals surface area contributed by atoms with Crippen molar-refractivity contribution >= 4 is 11.9 Å². The van der Waals surface area contributed by atoms with E-state index in [4.69, 9.17) is 0 Å². The second-order valence-corrected chi connectivity index (χ2v) is 2.44. The molecule has 0 saturated heterocycles. The summed E-state index contributed by atoms with van der Waals surface area (Å²) in [5, 5.41) is 3.21. The summed E-state index contributed by atoms with van der Waals surface area (Å²) >= 11 is 0. The molecule has 2 rings (SSSR count). The molecule has 0 bridgehead atoms. The Kier molecular flexibility index (Phi) is 1.55. The summed E-state index contributed by atoms with van der Waals surface area (Å²) in [4.78, 5) is 8.04. The maximum atomic E-state index is 4.11. The van der Waals surface area contributed by atoms with E-state index in [0.717, 1.165) is 24.3 Å². The van der Waals surface area contributed by atoms with Crippen LogP contribution in [-0.4, -0.2) is 16.5 Å². The minimum Gasteiger partial charge on any atom is -0.369 e. The van der Waals surface area contributed by atoms with Crippen LogP contribution in [-0.2, 0) is 0 Å². The molecule has 0 amide bonds. The number of hydrogen-bond donors (Lipinski definition) is 1. The van der Waals surface area contributed by atoms with E-state index in [1.54, 1.807) is 6.33 Å². The van der Waals surface area contributed by atoms with Crippen LogP contribution in [0.2, 0.25) is 0 Å². The maximum absolute atomic E-state index is 4.11. The lowest BCUT2D eigenvalue weighted by Crippen LogP contribution is -2.01. The van der Waals surface area contributed by atoms with Gasteiger partial charge < -0.3 is 5.32 Å². The molecule has 1 aliphatic heterocycles. The lowest BCUT2D eigenvalue weighted by Gasteiger charge is -2.02. The summed E-state index contributed by atoms with van der Waals surface area (Å²) in [5.41, 5.74) is 1.07. The van der Waals surface area contributed by atoms with Crippen LogP contribution in [0.25, 0.3) is 6.08 Å². The van der Waals surface area contributed by atoms with Crippen LogP contribution >= 0.6 is 0 Å². The van der Waals surface area contributed by atoms with Crippen LogP contribution in [0.4, 0.5) is 5.82 Å². The van der Waals surface area contributed by atoms with E-state index in [-0.39, 0.29) is 0 Å². The van der Waals surface area contributed by atoms with Gasteiger partial charge in [-0.25, -0.2) is 9.97 Å².